The van der Waals surface area contributed by atoms with E-state index in [-0.39, 0.29) is 12.0 Å². The minimum absolute atomic E-state index is 0.149. The average Bonchev–Trinajstić information content (AvgIpc) is 3.03. The van der Waals surface area contributed by atoms with Crippen LogP contribution in [0.5, 0.6) is 0 Å². The molecular formula is C15H23N3O3. The van der Waals surface area contributed by atoms with Crippen molar-refractivity contribution in [1.82, 2.24) is 10.3 Å². The molecule has 0 saturated carbocycles. The Balaban J connectivity index is 1.73. The number of rotatable bonds is 8. The summed E-state index contributed by atoms with van der Waals surface area (Å²) in [6.45, 7) is 2.89. The maximum atomic E-state index is 11.9. The monoisotopic (exact) mass is 293 g/mol. The topological polar surface area (TPSA) is 72.5 Å². The zero-order valence-electron chi connectivity index (χ0n) is 12.4. The highest BCUT2D eigenvalue weighted by Gasteiger charge is 2.16. The van der Waals surface area contributed by atoms with Gasteiger partial charge >= 0.3 is 0 Å². The maximum absolute atomic E-state index is 11.9. The van der Waals surface area contributed by atoms with Gasteiger partial charge in [-0.1, -0.05) is 0 Å². The van der Waals surface area contributed by atoms with Crippen molar-refractivity contribution in [3.63, 3.8) is 0 Å². The van der Waals surface area contributed by atoms with Crippen molar-refractivity contribution in [3.8, 4) is 0 Å². The number of hydrogen-bond acceptors (Lipinski definition) is 5. The highest BCUT2D eigenvalue weighted by molar-refractivity contribution is 5.92. The highest BCUT2D eigenvalue weighted by Crippen LogP contribution is 2.11. The number of pyridine rings is 1. The van der Waals surface area contributed by atoms with Gasteiger partial charge in [0.05, 0.1) is 18.0 Å². The summed E-state index contributed by atoms with van der Waals surface area (Å²) in [5.41, 5.74) is 1.33. The van der Waals surface area contributed by atoms with E-state index >= 15 is 0 Å². The molecule has 1 aromatic rings. The number of hydrogen-bond donors (Lipinski definition) is 2. The summed E-state index contributed by atoms with van der Waals surface area (Å²) >= 11 is 0. The third-order valence-corrected chi connectivity index (χ3v) is 3.36. The van der Waals surface area contributed by atoms with E-state index in [1.54, 1.807) is 19.4 Å². The minimum atomic E-state index is -0.156. The van der Waals surface area contributed by atoms with Crippen LogP contribution in [0.1, 0.15) is 29.8 Å². The second kappa shape index (κ2) is 8.59. The van der Waals surface area contributed by atoms with Crippen LogP contribution in [-0.4, -0.2) is 50.4 Å². The summed E-state index contributed by atoms with van der Waals surface area (Å²) in [6, 6.07) is 3.59. The molecule has 2 rings (SSSR count). The van der Waals surface area contributed by atoms with Crippen molar-refractivity contribution < 1.29 is 14.3 Å². The van der Waals surface area contributed by atoms with Crippen molar-refractivity contribution in [2.24, 2.45) is 0 Å². The van der Waals surface area contributed by atoms with E-state index in [1.807, 2.05) is 6.07 Å². The van der Waals surface area contributed by atoms with E-state index in [9.17, 15) is 4.79 Å². The van der Waals surface area contributed by atoms with Crippen LogP contribution in [0.3, 0.4) is 0 Å². The molecule has 1 amide bonds. The van der Waals surface area contributed by atoms with Gasteiger partial charge in [-0.2, -0.15) is 0 Å². The summed E-state index contributed by atoms with van der Waals surface area (Å²) in [7, 11) is 1.69. The van der Waals surface area contributed by atoms with E-state index in [4.69, 9.17) is 9.47 Å². The van der Waals surface area contributed by atoms with Crippen LogP contribution in [-0.2, 0) is 9.47 Å². The van der Waals surface area contributed by atoms with Crippen LogP contribution in [0.2, 0.25) is 0 Å². The van der Waals surface area contributed by atoms with Crippen molar-refractivity contribution in [3.05, 3.63) is 24.0 Å². The van der Waals surface area contributed by atoms with Gasteiger partial charge < -0.3 is 20.1 Å². The van der Waals surface area contributed by atoms with Crippen molar-refractivity contribution >= 4 is 11.6 Å². The molecule has 116 valence electrons. The zero-order chi connectivity index (χ0) is 14.9. The van der Waals surface area contributed by atoms with Gasteiger partial charge in [0.1, 0.15) is 5.69 Å². The molecule has 2 N–H and O–H groups in total. The van der Waals surface area contributed by atoms with Crippen LogP contribution in [0, 0.1) is 0 Å². The third-order valence-electron chi connectivity index (χ3n) is 3.36. The second-order valence-corrected chi connectivity index (χ2v) is 5.05. The number of carbonyl (C=O) groups is 1. The first-order valence-electron chi connectivity index (χ1n) is 7.38. The molecule has 6 nitrogen and oxygen atoms in total. The molecule has 1 saturated heterocycles. The van der Waals surface area contributed by atoms with Crippen LogP contribution in [0.25, 0.3) is 0 Å². The Kier molecular flexibility index (Phi) is 6.43. The Bertz CT molecular complexity index is 430. The third kappa shape index (κ3) is 5.32. The number of nitrogens with one attached hydrogen (secondary N) is 2. The molecule has 0 radical (unpaired) electrons. The number of aromatic nitrogens is 1. The van der Waals surface area contributed by atoms with Gasteiger partial charge in [-0.3, -0.25) is 4.79 Å². The Morgan fingerprint density at radius 3 is 3.10 bits per heavy atom. The second-order valence-electron chi connectivity index (χ2n) is 5.05. The normalized spacial score (nSPS) is 17.7. The molecule has 0 spiro atoms. The quantitative estimate of drug-likeness (QED) is 0.710. The van der Waals surface area contributed by atoms with Gasteiger partial charge in [0.25, 0.3) is 5.91 Å². The molecule has 6 heteroatoms. The van der Waals surface area contributed by atoms with Crippen molar-refractivity contribution in [2.75, 3.05) is 38.7 Å². The molecule has 0 aliphatic carbocycles. The first kappa shape index (κ1) is 15.7. The minimum Gasteiger partial charge on any atom is -0.385 e. The lowest BCUT2D eigenvalue weighted by molar-refractivity contribution is 0.0854. The number of nitrogens with zero attached hydrogens (tertiary/aromatic N) is 1. The maximum Gasteiger partial charge on any atom is 0.269 e. The number of methoxy groups -OCH3 is 1. The number of carbonyl (C=O) groups excluding carboxylic acids is 1. The summed E-state index contributed by atoms with van der Waals surface area (Å²) in [5.74, 6) is -0.156. The molecule has 1 aliphatic heterocycles. The highest BCUT2D eigenvalue weighted by atomic mass is 16.5. The van der Waals surface area contributed by atoms with E-state index in [0.717, 1.165) is 44.7 Å². The molecular weight excluding hydrogens is 270 g/mol. The van der Waals surface area contributed by atoms with E-state index in [1.165, 1.54) is 0 Å². The Morgan fingerprint density at radius 2 is 2.43 bits per heavy atom. The molecule has 1 aliphatic rings. The van der Waals surface area contributed by atoms with Gasteiger partial charge in [0.2, 0.25) is 0 Å². The lowest BCUT2D eigenvalue weighted by Gasteiger charge is -2.11. The summed E-state index contributed by atoms with van der Waals surface area (Å²) in [6.07, 6.45) is 4.84. The van der Waals surface area contributed by atoms with Crippen molar-refractivity contribution in [1.29, 1.82) is 0 Å². The van der Waals surface area contributed by atoms with E-state index in [0.29, 0.717) is 12.2 Å². The molecule has 0 aromatic carbocycles. The first-order chi connectivity index (χ1) is 10.3. The number of anilines is 1. The SMILES string of the molecule is COCCCNc1ccc(C(=O)NCC2CCCO2)nc1. The van der Waals surface area contributed by atoms with Crippen molar-refractivity contribution in [2.45, 2.75) is 25.4 Å². The average molecular weight is 293 g/mol. The van der Waals surface area contributed by atoms with Crippen LogP contribution >= 0.6 is 0 Å². The first-order valence-corrected chi connectivity index (χ1v) is 7.38. The van der Waals surface area contributed by atoms with Gasteiger partial charge in [-0.05, 0) is 31.4 Å². The summed E-state index contributed by atoms with van der Waals surface area (Å²) in [5, 5.41) is 6.09. The fourth-order valence-corrected chi connectivity index (χ4v) is 2.18. The number of amides is 1. The Hall–Kier alpha value is -1.66. The van der Waals surface area contributed by atoms with E-state index in [2.05, 4.69) is 15.6 Å². The standard InChI is InChI=1S/C15H23N3O3/c1-20-8-3-7-16-12-5-6-14(17-10-12)15(19)18-11-13-4-2-9-21-13/h5-6,10,13,16H,2-4,7-9,11H2,1H3,(H,18,19). The van der Waals surface area contributed by atoms with E-state index < -0.39 is 0 Å². The molecule has 0 bridgehead atoms. The molecule has 2 heterocycles. The Morgan fingerprint density at radius 1 is 1.52 bits per heavy atom. The summed E-state index contributed by atoms with van der Waals surface area (Å²) in [4.78, 5) is 16.1. The van der Waals surface area contributed by atoms with Crippen LogP contribution in [0.15, 0.2) is 18.3 Å². The smallest absolute Gasteiger partial charge is 0.269 e. The fraction of sp³-hybridized carbons (Fsp3) is 0.600. The zero-order valence-corrected chi connectivity index (χ0v) is 12.4. The molecule has 1 fully saturated rings. The van der Waals surface area contributed by atoms with Gasteiger partial charge in [0.15, 0.2) is 0 Å². The lowest BCUT2D eigenvalue weighted by Crippen LogP contribution is -2.32. The van der Waals surface area contributed by atoms with Gasteiger partial charge in [0, 0.05) is 33.4 Å². The van der Waals surface area contributed by atoms with Crippen LogP contribution in [0.4, 0.5) is 5.69 Å². The van der Waals surface area contributed by atoms with Gasteiger partial charge in [-0.25, -0.2) is 4.98 Å². The fourth-order valence-electron chi connectivity index (χ4n) is 2.18. The lowest BCUT2D eigenvalue weighted by atomic mass is 10.2. The number of ether oxygens (including phenoxy) is 2. The Labute approximate surface area is 125 Å². The molecule has 1 aromatic heterocycles. The summed E-state index contributed by atoms with van der Waals surface area (Å²) < 4.78 is 10.4. The van der Waals surface area contributed by atoms with Crippen LogP contribution < -0.4 is 10.6 Å². The predicted octanol–water partition coefficient (Wildman–Crippen LogP) is 1.44. The molecule has 21 heavy (non-hydrogen) atoms. The predicted molar refractivity (Wildman–Crippen MR) is 80.5 cm³/mol. The van der Waals surface area contributed by atoms with Gasteiger partial charge in [-0.15, -0.1) is 0 Å². The largest absolute Gasteiger partial charge is 0.385 e. The molecule has 1 atom stereocenters. The molecule has 1 unspecified atom stereocenters.